The highest BCUT2D eigenvalue weighted by Gasteiger charge is 2.61. The molecule has 2 N–H and O–H groups in total. The first-order chi connectivity index (χ1) is 14.6. The average molecular weight is 407 g/mol. The Labute approximate surface area is 175 Å². The highest BCUT2D eigenvalue weighted by atomic mass is 16.7. The smallest absolute Gasteiger partial charge is 0.321 e. The van der Waals surface area contributed by atoms with Crippen LogP contribution in [0.1, 0.15) is 25.3 Å². The fraction of sp³-hybridized carbons (Fsp3) is 0.391. The van der Waals surface area contributed by atoms with Crippen molar-refractivity contribution in [2.24, 2.45) is 11.3 Å². The molecule has 1 spiro atoms. The second kappa shape index (κ2) is 7.23. The number of rotatable bonds is 4. The molecule has 2 fully saturated rings. The predicted octanol–water partition coefficient (Wildman–Crippen LogP) is 3.86. The molecule has 1 saturated carbocycles. The van der Waals surface area contributed by atoms with Crippen molar-refractivity contribution in [1.29, 1.82) is 0 Å². The van der Waals surface area contributed by atoms with E-state index in [9.17, 15) is 9.59 Å². The van der Waals surface area contributed by atoms with Gasteiger partial charge in [-0.25, -0.2) is 4.79 Å². The van der Waals surface area contributed by atoms with Crippen LogP contribution in [0.2, 0.25) is 0 Å². The molecule has 0 unspecified atom stereocenters. The van der Waals surface area contributed by atoms with Crippen molar-refractivity contribution in [2.75, 3.05) is 30.5 Å². The zero-order valence-corrected chi connectivity index (χ0v) is 16.9. The Balaban J connectivity index is 1.18. The number of carbonyl (C=O) groups is 2. The van der Waals surface area contributed by atoms with E-state index in [-0.39, 0.29) is 30.1 Å². The molecule has 1 saturated heterocycles. The zero-order valence-electron chi connectivity index (χ0n) is 16.9. The Morgan fingerprint density at radius 2 is 1.93 bits per heavy atom. The molecule has 30 heavy (non-hydrogen) atoms. The summed E-state index contributed by atoms with van der Waals surface area (Å²) in [4.78, 5) is 27.3. The second-order valence-electron chi connectivity index (χ2n) is 8.33. The number of ether oxygens (including phenoxy) is 2. The average Bonchev–Trinajstić information content (AvgIpc) is 3.06. The molecule has 2 aromatic rings. The number of fused-ring (bicyclic) bond motifs is 1. The fourth-order valence-electron chi connectivity index (χ4n) is 4.51. The van der Waals surface area contributed by atoms with Crippen LogP contribution in [0, 0.1) is 11.3 Å². The number of hydrogen-bond acceptors (Lipinski definition) is 4. The molecule has 156 valence electrons. The molecule has 2 heterocycles. The summed E-state index contributed by atoms with van der Waals surface area (Å²) >= 11 is 0. The maximum Gasteiger partial charge on any atom is 0.321 e. The van der Waals surface area contributed by atoms with Crippen molar-refractivity contribution in [3.63, 3.8) is 0 Å². The Bertz CT molecular complexity index is 1010. The Morgan fingerprint density at radius 3 is 2.80 bits per heavy atom. The molecule has 2 aliphatic heterocycles. The van der Waals surface area contributed by atoms with Crippen LogP contribution in [-0.4, -0.2) is 36.7 Å². The minimum absolute atomic E-state index is 0.00627. The van der Waals surface area contributed by atoms with Gasteiger partial charge in [0.25, 0.3) is 0 Å². The van der Waals surface area contributed by atoms with Crippen LogP contribution >= 0.6 is 0 Å². The highest BCUT2D eigenvalue weighted by molar-refractivity contribution is 5.96. The molecule has 3 aliphatic rings. The number of benzene rings is 2. The minimum Gasteiger partial charge on any atom is -0.454 e. The number of nitrogens with zero attached hydrogens (tertiary/aromatic N) is 1. The first-order valence-electron chi connectivity index (χ1n) is 10.4. The molecular weight excluding hydrogens is 382 g/mol. The van der Waals surface area contributed by atoms with Crippen molar-refractivity contribution in [3.05, 3.63) is 48.0 Å². The predicted molar refractivity (Wildman–Crippen MR) is 113 cm³/mol. The molecule has 7 nitrogen and oxygen atoms in total. The summed E-state index contributed by atoms with van der Waals surface area (Å²) < 4.78 is 10.7. The van der Waals surface area contributed by atoms with E-state index in [0.717, 1.165) is 24.9 Å². The summed E-state index contributed by atoms with van der Waals surface area (Å²) in [5.41, 5.74) is 2.61. The number of carbonyl (C=O) groups excluding carboxylic acids is 2. The van der Waals surface area contributed by atoms with Crippen LogP contribution in [-0.2, 0) is 11.2 Å². The third-order valence-corrected chi connectivity index (χ3v) is 6.41. The third-order valence-electron chi connectivity index (χ3n) is 6.41. The number of likely N-dealkylation sites (tertiary alicyclic amines) is 1. The van der Waals surface area contributed by atoms with E-state index in [0.29, 0.717) is 30.3 Å². The van der Waals surface area contributed by atoms with E-state index in [1.54, 1.807) is 12.1 Å². The first-order valence-corrected chi connectivity index (χ1v) is 10.4. The Hall–Kier alpha value is -3.22. The summed E-state index contributed by atoms with van der Waals surface area (Å²) in [5.74, 6) is 1.28. The molecule has 0 bridgehead atoms. The van der Waals surface area contributed by atoms with Gasteiger partial charge in [0.2, 0.25) is 12.7 Å². The number of aryl methyl sites for hydroxylation is 1. The second-order valence-corrected chi connectivity index (χ2v) is 8.33. The number of anilines is 2. The third kappa shape index (κ3) is 3.44. The van der Waals surface area contributed by atoms with E-state index in [4.69, 9.17) is 9.47 Å². The molecule has 0 aromatic heterocycles. The topological polar surface area (TPSA) is 79.9 Å². The SMILES string of the molecule is CCc1cccc(NC(=O)N2CC[C@]3(C[C@@H]3C(=O)Nc3ccc4c(c3)OCO4)C2)c1. The largest absolute Gasteiger partial charge is 0.454 e. The van der Waals surface area contributed by atoms with Gasteiger partial charge in [-0.05, 0) is 49.1 Å². The lowest BCUT2D eigenvalue weighted by Crippen LogP contribution is -2.33. The van der Waals surface area contributed by atoms with Gasteiger partial charge in [0.05, 0.1) is 0 Å². The van der Waals surface area contributed by atoms with Crippen molar-refractivity contribution < 1.29 is 19.1 Å². The van der Waals surface area contributed by atoms with E-state index in [1.807, 2.05) is 35.2 Å². The first kappa shape index (κ1) is 18.8. The molecule has 1 aliphatic carbocycles. The van der Waals surface area contributed by atoms with Gasteiger partial charge in [-0.1, -0.05) is 19.1 Å². The number of urea groups is 1. The summed E-state index contributed by atoms with van der Waals surface area (Å²) in [7, 11) is 0. The Kier molecular flexibility index (Phi) is 4.53. The standard InChI is InChI=1S/C23H25N3O4/c1-2-15-4-3-5-16(10-15)25-22(28)26-9-8-23(13-26)12-18(23)21(27)24-17-6-7-19-20(11-17)30-14-29-19/h3-7,10-11,18H,2,8-9,12-14H2,1H3,(H,24,27)(H,25,28)/t18-,23+/m1/s1. The van der Waals surface area contributed by atoms with Gasteiger partial charge in [-0.3, -0.25) is 4.79 Å². The van der Waals surface area contributed by atoms with Crippen LogP contribution < -0.4 is 20.1 Å². The van der Waals surface area contributed by atoms with E-state index in [2.05, 4.69) is 17.6 Å². The molecule has 3 amide bonds. The minimum atomic E-state index is -0.0954. The highest BCUT2D eigenvalue weighted by Crippen LogP contribution is 2.58. The van der Waals surface area contributed by atoms with E-state index in [1.165, 1.54) is 5.56 Å². The fourth-order valence-corrected chi connectivity index (χ4v) is 4.51. The van der Waals surface area contributed by atoms with E-state index < -0.39 is 0 Å². The summed E-state index contributed by atoms with van der Waals surface area (Å²) in [6, 6.07) is 13.2. The van der Waals surface area contributed by atoms with Crippen LogP contribution in [0.3, 0.4) is 0 Å². The van der Waals surface area contributed by atoms with Gasteiger partial charge in [-0.2, -0.15) is 0 Å². The van der Waals surface area contributed by atoms with Gasteiger partial charge in [-0.15, -0.1) is 0 Å². The van der Waals surface area contributed by atoms with Gasteiger partial charge in [0.1, 0.15) is 0 Å². The van der Waals surface area contributed by atoms with Crippen molar-refractivity contribution in [1.82, 2.24) is 4.90 Å². The lowest BCUT2D eigenvalue weighted by Gasteiger charge is -2.18. The van der Waals surface area contributed by atoms with Gasteiger partial charge < -0.3 is 25.0 Å². The normalized spacial score (nSPS) is 23.5. The molecular formula is C23H25N3O4. The van der Waals surface area contributed by atoms with Crippen molar-refractivity contribution >= 4 is 23.3 Å². The van der Waals surface area contributed by atoms with Gasteiger partial charge >= 0.3 is 6.03 Å². The quantitative estimate of drug-likeness (QED) is 0.807. The van der Waals surface area contributed by atoms with Crippen LogP contribution in [0.4, 0.5) is 16.2 Å². The maximum atomic E-state index is 12.8. The van der Waals surface area contributed by atoms with Crippen molar-refractivity contribution in [2.45, 2.75) is 26.2 Å². The number of nitrogens with one attached hydrogen (secondary N) is 2. The molecule has 5 rings (SSSR count). The van der Waals surface area contributed by atoms with Crippen molar-refractivity contribution in [3.8, 4) is 11.5 Å². The van der Waals surface area contributed by atoms with Crippen LogP contribution in [0.25, 0.3) is 0 Å². The zero-order chi connectivity index (χ0) is 20.7. The summed E-state index contributed by atoms with van der Waals surface area (Å²) in [6.07, 6.45) is 2.60. The maximum absolute atomic E-state index is 12.8. The molecule has 7 heteroatoms. The molecule has 2 atom stereocenters. The Morgan fingerprint density at radius 1 is 1.10 bits per heavy atom. The molecule has 2 aromatic carbocycles. The summed E-state index contributed by atoms with van der Waals surface area (Å²) in [6.45, 7) is 3.59. The number of amides is 3. The van der Waals surface area contributed by atoms with E-state index >= 15 is 0 Å². The lowest BCUT2D eigenvalue weighted by atomic mass is 10.0. The summed E-state index contributed by atoms with van der Waals surface area (Å²) in [5, 5.41) is 5.98. The number of hydrogen-bond donors (Lipinski definition) is 2. The van der Waals surface area contributed by atoms with Crippen LogP contribution in [0.15, 0.2) is 42.5 Å². The van der Waals surface area contributed by atoms with Gasteiger partial charge in [0.15, 0.2) is 11.5 Å². The molecule has 0 radical (unpaired) electrons. The monoisotopic (exact) mass is 407 g/mol. The van der Waals surface area contributed by atoms with Crippen LogP contribution in [0.5, 0.6) is 11.5 Å². The van der Waals surface area contributed by atoms with Gasteiger partial charge in [0, 0.05) is 41.9 Å². The lowest BCUT2D eigenvalue weighted by molar-refractivity contribution is -0.118.